The van der Waals surface area contributed by atoms with Gasteiger partial charge in [0.05, 0.1) is 20.6 Å². The van der Waals surface area contributed by atoms with Crippen molar-refractivity contribution in [2.45, 2.75) is 26.8 Å². The highest BCUT2D eigenvalue weighted by Crippen LogP contribution is 2.25. The topological polar surface area (TPSA) is 50.8 Å². The Bertz CT molecular complexity index is 727. The van der Waals surface area contributed by atoms with Crippen molar-refractivity contribution in [2.75, 3.05) is 32.6 Å². The van der Waals surface area contributed by atoms with Crippen LogP contribution in [0, 0.1) is 0 Å². The van der Waals surface area contributed by atoms with E-state index in [9.17, 15) is 4.79 Å². The average Bonchev–Trinajstić information content (AvgIpc) is 2.66. The van der Waals surface area contributed by atoms with Crippen molar-refractivity contribution in [3.05, 3.63) is 53.6 Å². The molecule has 0 atom stereocenters. The third-order valence-corrected chi connectivity index (χ3v) is 4.36. The second-order valence-electron chi connectivity index (χ2n) is 6.06. The number of rotatable bonds is 9. The molecule has 0 heterocycles. The number of hydrogen-bond acceptors (Lipinski definition) is 4. The van der Waals surface area contributed by atoms with Gasteiger partial charge in [-0.15, -0.1) is 0 Å². The van der Waals surface area contributed by atoms with Gasteiger partial charge in [-0.25, -0.2) is 0 Å². The van der Waals surface area contributed by atoms with Crippen molar-refractivity contribution in [3.8, 4) is 11.5 Å². The summed E-state index contributed by atoms with van der Waals surface area (Å²) in [6.07, 6.45) is 0.243. The van der Waals surface area contributed by atoms with Crippen LogP contribution in [0.25, 0.3) is 0 Å². The molecular weight excluding hydrogens is 328 g/mol. The number of ether oxygens (including phenoxy) is 2. The van der Waals surface area contributed by atoms with Crippen LogP contribution >= 0.6 is 0 Å². The minimum atomic E-state index is -0.0755. The van der Waals surface area contributed by atoms with Crippen molar-refractivity contribution < 1.29 is 14.3 Å². The lowest BCUT2D eigenvalue weighted by molar-refractivity contribution is -0.115. The van der Waals surface area contributed by atoms with E-state index in [1.54, 1.807) is 20.3 Å². The maximum atomic E-state index is 12.4. The van der Waals surface area contributed by atoms with Gasteiger partial charge >= 0.3 is 0 Å². The minimum Gasteiger partial charge on any atom is -0.497 e. The van der Waals surface area contributed by atoms with Gasteiger partial charge in [0, 0.05) is 23.9 Å². The lowest BCUT2D eigenvalue weighted by Crippen LogP contribution is -2.22. The van der Waals surface area contributed by atoms with Crippen molar-refractivity contribution in [2.24, 2.45) is 0 Å². The summed E-state index contributed by atoms with van der Waals surface area (Å²) >= 11 is 0. The number of nitrogens with one attached hydrogen (secondary N) is 1. The number of methoxy groups -OCH3 is 2. The molecule has 0 saturated carbocycles. The summed E-state index contributed by atoms with van der Waals surface area (Å²) < 4.78 is 10.6. The molecule has 2 rings (SSSR count). The van der Waals surface area contributed by atoms with E-state index in [2.05, 4.69) is 30.1 Å². The summed E-state index contributed by atoms with van der Waals surface area (Å²) in [5.41, 5.74) is 2.82. The van der Waals surface area contributed by atoms with Crippen molar-refractivity contribution >= 4 is 11.6 Å². The van der Waals surface area contributed by atoms with Gasteiger partial charge in [0.25, 0.3) is 0 Å². The van der Waals surface area contributed by atoms with E-state index in [1.165, 1.54) is 5.56 Å². The number of anilines is 1. The molecule has 0 unspecified atom stereocenters. The molecule has 0 saturated heterocycles. The quantitative estimate of drug-likeness (QED) is 0.744. The zero-order valence-corrected chi connectivity index (χ0v) is 16.0. The maximum Gasteiger partial charge on any atom is 0.228 e. The molecule has 26 heavy (non-hydrogen) atoms. The molecule has 0 aliphatic carbocycles. The first-order chi connectivity index (χ1) is 12.6. The highest BCUT2D eigenvalue weighted by Gasteiger charge is 2.11. The van der Waals surface area contributed by atoms with Crippen LogP contribution in [0.5, 0.6) is 11.5 Å². The van der Waals surface area contributed by atoms with Gasteiger partial charge in [-0.3, -0.25) is 9.69 Å². The Morgan fingerprint density at radius 2 is 1.81 bits per heavy atom. The van der Waals surface area contributed by atoms with Crippen LogP contribution in [0.3, 0.4) is 0 Å². The van der Waals surface area contributed by atoms with Crippen molar-refractivity contribution in [1.82, 2.24) is 4.90 Å². The normalized spacial score (nSPS) is 10.7. The Balaban J connectivity index is 2.04. The van der Waals surface area contributed by atoms with Crippen LogP contribution in [0.4, 0.5) is 5.69 Å². The Labute approximate surface area is 155 Å². The first-order valence-corrected chi connectivity index (χ1v) is 8.91. The molecule has 1 N–H and O–H groups in total. The summed E-state index contributed by atoms with van der Waals surface area (Å²) in [5.74, 6) is 1.28. The van der Waals surface area contributed by atoms with Gasteiger partial charge in [-0.1, -0.05) is 32.0 Å². The second kappa shape index (κ2) is 9.82. The molecule has 5 nitrogen and oxygen atoms in total. The van der Waals surface area contributed by atoms with Gasteiger partial charge in [0.15, 0.2) is 0 Å². The fourth-order valence-electron chi connectivity index (χ4n) is 2.83. The number of carbonyl (C=O) groups excluding carboxylic acids is 1. The van der Waals surface area contributed by atoms with E-state index in [1.807, 2.05) is 30.3 Å². The molecule has 1 amide bonds. The Hall–Kier alpha value is -2.53. The highest BCUT2D eigenvalue weighted by molar-refractivity contribution is 5.92. The zero-order valence-electron chi connectivity index (χ0n) is 16.0. The van der Waals surface area contributed by atoms with Crippen molar-refractivity contribution in [1.29, 1.82) is 0 Å². The lowest BCUT2D eigenvalue weighted by Gasteiger charge is -2.18. The maximum absolute atomic E-state index is 12.4. The van der Waals surface area contributed by atoms with Crippen LogP contribution < -0.4 is 14.8 Å². The van der Waals surface area contributed by atoms with Gasteiger partial charge in [-0.2, -0.15) is 0 Å². The van der Waals surface area contributed by atoms with Gasteiger partial charge in [0.1, 0.15) is 11.5 Å². The van der Waals surface area contributed by atoms with Crippen LogP contribution in [-0.2, 0) is 17.8 Å². The number of benzene rings is 2. The summed E-state index contributed by atoms with van der Waals surface area (Å²) in [5, 5.41) is 2.98. The Morgan fingerprint density at radius 1 is 1.04 bits per heavy atom. The molecule has 0 aliphatic rings. The van der Waals surface area contributed by atoms with Crippen molar-refractivity contribution in [3.63, 3.8) is 0 Å². The first-order valence-electron chi connectivity index (χ1n) is 8.91. The fraction of sp³-hybridized carbons (Fsp3) is 0.381. The predicted molar refractivity (Wildman–Crippen MR) is 105 cm³/mol. The summed E-state index contributed by atoms with van der Waals surface area (Å²) in [6.45, 7) is 7.19. The van der Waals surface area contributed by atoms with Crippen LogP contribution in [0.2, 0.25) is 0 Å². The first kappa shape index (κ1) is 19.8. The lowest BCUT2D eigenvalue weighted by atomic mass is 10.1. The molecule has 0 fully saturated rings. The third kappa shape index (κ3) is 5.49. The smallest absolute Gasteiger partial charge is 0.228 e. The number of carbonyl (C=O) groups is 1. The van der Waals surface area contributed by atoms with Crippen LogP contribution in [-0.4, -0.2) is 38.1 Å². The van der Waals surface area contributed by atoms with Crippen LogP contribution in [0.15, 0.2) is 42.5 Å². The third-order valence-electron chi connectivity index (χ3n) is 4.36. The molecule has 0 aromatic heterocycles. The van der Waals surface area contributed by atoms with E-state index >= 15 is 0 Å². The number of amides is 1. The van der Waals surface area contributed by atoms with Gasteiger partial charge in [-0.05, 0) is 36.9 Å². The van der Waals surface area contributed by atoms with E-state index in [-0.39, 0.29) is 12.3 Å². The molecule has 0 spiro atoms. The van der Waals surface area contributed by atoms with E-state index in [4.69, 9.17) is 9.47 Å². The molecule has 5 heteroatoms. The van der Waals surface area contributed by atoms with E-state index < -0.39 is 0 Å². The molecule has 2 aromatic rings. The zero-order chi connectivity index (χ0) is 18.9. The number of nitrogens with zero attached hydrogens (tertiary/aromatic N) is 1. The Kier molecular flexibility index (Phi) is 7.48. The van der Waals surface area contributed by atoms with Gasteiger partial charge in [0.2, 0.25) is 5.91 Å². The number of hydrogen-bond donors (Lipinski definition) is 1. The predicted octanol–water partition coefficient (Wildman–Crippen LogP) is 3.73. The van der Waals surface area contributed by atoms with Gasteiger partial charge < -0.3 is 14.8 Å². The molecule has 0 aliphatic heterocycles. The largest absolute Gasteiger partial charge is 0.497 e. The summed E-state index contributed by atoms with van der Waals surface area (Å²) in [4.78, 5) is 14.8. The average molecular weight is 356 g/mol. The Morgan fingerprint density at radius 3 is 2.46 bits per heavy atom. The van der Waals surface area contributed by atoms with E-state index in [0.717, 1.165) is 30.9 Å². The SMILES string of the molecule is CCN(CC)Cc1cccc(NC(=O)Cc2ccc(OC)cc2OC)c1. The molecule has 0 radical (unpaired) electrons. The second-order valence-corrected chi connectivity index (χ2v) is 6.06. The van der Waals surface area contributed by atoms with E-state index in [0.29, 0.717) is 11.5 Å². The molecule has 2 aromatic carbocycles. The summed E-state index contributed by atoms with van der Waals surface area (Å²) in [6, 6.07) is 13.5. The monoisotopic (exact) mass is 356 g/mol. The van der Waals surface area contributed by atoms with Crippen LogP contribution in [0.1, 0.15) is 25.0 Å². The minimum absolute atomic E-state index is 0.0755. The summed E-state index contributed by atoms with van der Waals surface area (Å²) in [7, 11) is 3.19. The standard InChI is InChI=1S/C21H28N2O3/c1-5-23(6-2)15-16-8-7-9-18(12-16)22-21(24)13-17-10-11-19(25-3)14-20(17)26-4/h7-12,14H,5-6,13,15H2,1-4H3,(H,22,24). The highest BCUT2D eigenvalue weighted by atomic mass is 16.5. The molecule has 0 bridgehead atoms. The fourth-order valence-corrected chi connectivity index (χ4v) is 2.83. The molecule has 140 valence electrons. The molecular formula is C21H28N2O3.